The summed E-state index contributed by atoms with van der Waals surface area (Å²) in [5.74, 6) is -6.46. The molecule has 1 fully saturated rings. The Kier molecular flexibility index (Phi) is 8.54. The number of halogens is 5. The van der Waals surface area contributed by atoms with Gasteiger partial charge in [-0.3, -0.25) is 9.89 Å². The highest BCUT2D eigenvalue weighted by molar-refractivity contribution is 6.08. The smallest absolute Gasteiger partial charge is 0.458 e. The molecule has 13 heteroatoms. The normalized spacial score (nSPS) is 15.4. The molecule has 8 nitrogen and oxygen atoms in total. The predicted molar refractivity (Wildman–Crippen MR) is 153 cm³/mol. The van der Waals surface area contributed by atoms with Crippen molar-refractivity contribution >= 4 is 34.0 Å². The molecule has 1 aliphatic heterocycles. The number of aromatic amines is 1. The summed E-state index contributed by atoms with van der Waals surface area (Å²) in [6.07, 6.45) is -1.92. The highest BCUT2D eigenvalue weighted by atomic mass is 19.4. The predicted octanol–water partition coefficient (Wildman–Crippen LogP) is 7.01. The van der Waals surface area contributed by atoms with Crippen LogP contribution in [0.5, 0.6) is 5.75 Å². The van der Waals surface area contributed by atoms with E-state index in [1.165, 1.54) is 12.3 Å². The average Bonchev–Trinajstić information content (AvgIpc) is 3.44. The molecule has 2 aromatic carbocycles. The standard InChI is InChI=1S/C30H31F5N6O2/c1-17(2)26(18-9-12-36-13-10-18)43-25-15-21(7-8-23(25)29(31,32)30(33,34)35)40-28(42)22-4-3-11-37-27(22)39-20-6-5-19-16-38-41-24(19)14-20/h3-8,11,14-18,26,36H,9-10,12-13H2,1-2H3,(H,37,39)(H,38,41)(H,40,42). The molecule has 4 aromatic rings. The molecule has 1 atom stereocenters. The number of ether oxygens (including phenoxy) is 1. The number of fused-ring (bicyclic) bond motifs is 1. The first-order valence-corrected chi connectivity index (χ1v) is 13.9. The molecule has 0 aliphatic carbocycles. The van der Waals surface area contributed by atoms with E-state index in [2.05, 4.69) is 31.1 Å². The van der Waals surface area contributed by atoms with E-state index in [1.807, 2.05) is 19.9 Å². The van der Waals surface area contributed by atoms with Gasteiger partial charge in [-0.25, -0.2) is 4.98 Å². The number of hydrogen-bond donors (Lipinski definition) is 4. The van der Waals surface area contributed by atoms with Crippen LogP contribution in [0.1, 0.15) is 42.6 Å². The van der Waals surface area contributed by atoms with Crippen LogP contribution >= 0.6 is 0 Å². The zero-order valence-corrected chi connectivity index (χ0v) is 23.4. The van der Waals surface area contributed by atoms with E-state index >= 15 is 0 Å². The molecule has 0 saturated carbocycles. The summed E-state index contributed by atoms with van der Waals surface area (Å²) in [6, 6.07) is 11.1. The van der Waals surface area contributed by atoms with Gasteiger partial charge in [-0.15, -0.1) is 0 Å². The molecule has 3 heterocycles. The van der Waals surface area contributed by atoms with Crippen molar-refractivity contribution in [3.63, 3.8) is 0 Å². The Hall–Kier alpha value is -4.26. The molecule has 1 saturated heterocycles. The maximum atomic E-state index is 14.7. The van der Waals surface area contributed by atoms with E-state index in [-0.39, 0.29) is 28.9 Å². The Balaban J connectivity index is 1.44. The van der Waals surface area contributed by atoms with E-state index in [9.17, 15) is 26.7 Å². The number of benzene rings is 2. The van der Waals surface area contributed by atoms with Crippen molar-refractivity contribution in [1.82, 2.24) is 20.5 Å². The van der Waals surface area contributed by atoms with Gasteiger partial charge in [-0.05, 0) is 80.2 Å². The van der Waals surface area contributed by atoms with Crippen molar-refractivity contribution in [3.05, 3.63) is 72.1 Å². The van der Waals surface area contributed by atoms with Crippen LogP contribution in [0.4, 0.5) is 39.1 Å². The highest BCUT2D eigenvalue weighted by Crippen LogP contribution is 2.48. The van der Waals surface area contributed by atoms with Gasteiger partial charge in [-0.1, -0.05) is 13.8 Å². The number of carbonyl (C=O) groups is 1. The number of pyridine rings is 1. The lowest BCUT2D eigenvalue weighted by Crippen LogP contribution is -2.40. The molecule has 1 unspecified atom stereocenters. The third-order valence-electron chi connectivity index (χ3n) is 7.46. The van der Waals surface area contributed by atoms with Gasteiger partial charge in [0.05, 0.1) is 22.8 Å². The molecule has 228 valence electrons. The monoisotopic (exact) mass is 602 g/mol. The van der Waals surface area contributed by atoms with Crippen LogP contribution in [0.25, 0.3) is 10.9 Å². The number of rotatable bonds is 9. The van der Waals surface area contributed by atoms with E-state index in [4.69, 9.17) is 4.74 Å². The second-order valence-electron chi connectivity index (χ2n) is 10.8. The largest absolute Gasteiger partial charge is 0.489 e. The molecule has 2 aromatic heterocycles. The SMILES string of the molecule is CC(C)C(Oc1cc(NC(=O)c2cccnc2Nc2ccc3cn[nH]c3c2)ccc1C(F)(F)C(F)(F)F)C1CCNCC1. The van der Waals surface area contributed by atoms with Crippen LogP contribution in [0.3, 0.4) is 0 Å². The van der Waals surface area contributed by atoms with Crippen LogP contribution in [-0.4, -0.2) is 46.5 Å². The molecular weight excluding hydrogens is 571 g/mol. The number of H-pyrrole nitrogens is 1. The molecule has 43 heavy (non-hydrogen) atoms. The van der Waals surface area contributed by atoms with Gasteiger partial charge in [0.25, 0.3) is 5.91 Å². The third-order valence-corrected chi connectivity index (χ3v) is 7.46. The van der Waals surface area contributed by atoms with Gasteiger partial charge in [0, 0.05) is 29.0 Å². The van der Waals surface area contributed by atoms with Gasteiger partial charge in [0.15, 0.2) is 0 Å². The minimum Gasteiger partial charge on any atom is -0.489 e. The second kappa shape index (κ2) is 12.2. The Morgan fingerprint density at radius 3 is 2.49 bits per heavy atom. The Bertz CT molecular complexity index is 1580. The summed E-state index contributed by atoms with van der Waals surface area (Å²) in [5, 5.41) is 16.6. The minimum atomic E-state index is -5.84. The molecule has 0 bridgehead atoms. The number of amides is 1. The average molecular weight is 603 g/mol. The number of carbonyl (C=O) groups excluding carboxylic acids is 1. The quantitative estimate of drug-likeness (QED) is 0.154. The number of nitrogens with one attached hydrogen (secondary N) is 4. The van der Waals surface area contributed by atoms with Crippen LogP contribution in [0.15, 0.2) is 60.9 Å². The lowest BCUT2D eigenvalue weighted by molar-refractivity contribution is -0.289. The fourth-order valence-corrected chi connectivity index (χ4v) is 5.24. The van der Waals surface area contributed by atoms with Crippen molar-refractivity contribution in [3.8, 4) is 5.75 Å². The number of aromatic nitrogens is 3. The first-order valence-electron chi connectivity index (χ1n) is 13.9. The highest BCUT2D eigenvalue weighted by Gasteiger charge is 2.60. The molecule has 1 aliphatic rings. The van der Waals surface area contributed by atoms with Crippen molar-refractivity contribution in [1.29, 1.82) is 0 Å². The molecule has 4 N–H and O–H groups in total. The van der Waals surface area contributed by atoms with Gasteiger partial charge in [-0.2, -0.15) is 27.1 Å². The first-order chi connectivity index (χ1) is 20.4. The summed E-state index contributed by atoms with van der Waals surface area (Å²) in [5.41, 5.74) is 0.184. The summed E-state index contributed by atoms with van der Waals surface area (Å²) in [4.78, 5) is 17.6. The van der Waals surface area contributed by atoms with Crippen molar-refractivity contribution < 1.29 is 31.5 Å². The van der Waals surface area contributed by atoms with Crippen LogP contribution in [0.2, 0.25) is 0 Å². The minimum absolute atomic E-state index is 0.0109. The topological polar surface area (TPSA) is 104 Å². The van der Waals surface area contributed by atoms with Gasteiger partial charge in [0.1, 0.15) is 17.7 Å². The molecule has 5 rings (SSSR count). The molecular formula is C30H31F5N6O2. The van der Waals surface area contributed by atoms with Gasteiger partial charge in [0.2, 0.25) is 0 Å². The molecule has 0 radical (unpaired) electrons. The van der Waals surface area contributed by atoms with Crippen LogP contribution in [0, 0.1) is 11.8 Å². The van der Waals surface area contributed by atoms with E-state index in [0.29, 0.717) is 37.7 Å². The maximum Gasteiger partial charge on any atom is 0.458 e. The lowest BCUT2D eigenvalue weighted by Gasteiger charge is -2.35. The van der Waals surface area contributed by atoms with Gasteiger partial charge >= 0.3 is 12.1 Å². The van der Waals surface area contributed by atoms with Crippen molar-refractivity contribution in [2.45, 2.75) is 44.9 Å². The zero-order chi connectivity index (χ0) is 30.8. The number of piperidine rings is 1. The Labute approximate surface area is 244 Å². The van der Waals surface area contributed by atoms with Crippen molar-refractivity contribution in [2.75, 3.05) is 23.7 Å². The summed E-state index contributed by atoms with van der Waals surface area (Å²) in [6.45, 7) is 5.05. The first kappa shape index (κ1) is 30.2. The Morgan fingerprint density at radius 2 is 1.77 bits per heavy atom. The number of nitrogens with zero attached hydrogens (tertiary/aromatic N) is 2. The number of anilines is 3. The molecule has 1 amide bonds. The second-order valence-corrected chi connectivity index (χ2v) is 10.8. The maximum absolute atomic E-state index is 14.7. The van der Waals surface area contributed by atoms with Crippen LogP contribution < -0.4 is 20.7 Å². The van der Waals surface area contributed by atoms with Gasteiger partial charge < -0.3 is 20.7 Å². The van der Waals surface area contributed by atoms with E-state index < -0.39 is 35.4 Å². The zero-order valence-electron chi connectivity index (χ0n) is 23.4. The van der Waals surface area contributed by atoms with E-state index in [0.717, 1.165) is 23.0 Å². The summed E-state index contributed by atoms with van der Waals surface area (Å²) < 4.78 is 75.8. The fraction of sp³-hybridized carbons (Fsp3) is 0.367. The number of hydrogen-bond acceptors (Lipinski definition) is 6. The van der Waals surface area contributed by atoms with E-state index in [1.54, 1.807) is 24.4 Å². The third kappa shape index (κ3) is 6.56. The Morgan fingerprint density at radius 1 is 1.02 bits per heavy atom. The lowest BCUT2D eigenvalue weighted by atomic mass is 9.86. The molecule has 0 spiro atoms. The van der Waals surface area contributed by atoms with Crippen LogP contribution in [-0.2, 0) is 5.92 Å². The summed E-state index contributed by atoms with van der Waals surface area (Å²) >= 11 is 0. The number of alkyl halides is 5. The summed E-state index contributed by atoms with van der Waals surface area (Å²) in [7, 11) is 0. The van der Waals surface area contributed by atoms with Crippen molar-refractivity contribution in [2.24, 2.45) is 11.8 Å². The fourth-order valence-electron chi connectivity index (χ4n) is 5.24.